The van der Waals surface area contributed by atoms with Gasteiger partial charge in [0.25, 0.3) is 0 Å². The zero-order valence-electron chi connectivity index (χ0n) is 6.95. The molecule has 0 atom stereocenters. The Morgan fingerprint density at radius 2 is 2.33 bits per heavy atom. The summed E-state index contributed by atoms with van der Waals surface area (Å²) in [6.07, 6.45) is 5.69. The quantitative estimate of drug-likeness (QED) is 0.326. The van der Waals surface area contributed by atoms with Gasteiger partial charge in [-0.2, -0.15) is 0 Å². The van der Waals surface area contributed by atoms with Crippen molar-refractivity contribution < 1.29 is 29.1 Å². The second-order valence-electron chi connectivity index (χ2n) is 2.44. The van der Waals surface area contributed by atoms with Crippen molar-refractivity contribution in [1.29, 1.82) is 0 Å². The SMILES string of the molecule is O=[C-]c1cn2c(n1)CCC2.[Li+].[OH-]. The molecule has 0 bridgehead atoms. The van der Waals surface area contributed by atoms with Crippen LogP contribution in [0.4, 0.5) is 0 Å². The fourth-order valence-electron chi connectivity index (χ4n) is 1.30. The molecular formula is C7H8LiN2O2-. The van der Waals surface area contributed by atoms with Gasteiger partial charge >= 0.3 is 18.9 Å². The fraction of sp³-hybridized carbons (Fsp3) is 0.429. The van der Waals surface area contributed by atoms with E-state index < -0.39 is 0 Å². The Morgan fingerprint density at radius 3 is 2.92 bits per heavy atom. The Morgan fingerprint density at radius 1 is 1.58 bits per heavy atom. The molecule has 4 nitrogen and oxygen atoms in total. The Labute approximate surface area is 82.5 Å². The summed E-state index contributed by atoms with van der Waals surface area (Å²) < 4.78 is 2.01. The molecule has 1 N–H and O–H groups in total. The molecule has 1 aliphatic rings. The van der Waals surface area contributed by atoms with Crippen LogP contribution in [0.2, 0.25) is 0 Å². The van der Waals surface area contributed by atoms with Gasteiger partial charge in [0.15, 0.2) is 0 Å². The van der Waals surface area contributed by atoms with E-state index in [4.69, 9.17) is 0 Å². The van der Waals surface area contributed by atoms with E-state index in [-0.39, 0.29) is 24.3 Å². The first kappa shape index (κ1) is 11.4. The minimum atomic E-state index is 0. The number of aromatic nitrogens is 2. The molecule has 5 heteroatoms. The molecular weight excluding hydrogens is 151 g/mol. The van der Waals surface area contributed by atoms with Crippen molar-refractivity contribution in [2.24, 2.45) is 0 Å². The molecule has 12 heavy (non-hydrogen) atoms. The molecule has 0 spiro atoms. The van der Waals surface area contributed by atoms with E-state index in [2.05, 4.69) is 4.98 Å². The molecule has 0 saturated heterocycles. The average molecular weight is 159 g/mol. The molecule has 0 amide bonds. The van der Waals surface area contributed by atoms with Crippen molar-refractivity contribution in [3.8, 4) is 0 Å². The minimum Gasteiger partial charge on any atom is -0.870 e. The van der Waals surface area contributed by atoms with E-state index >= 15 is 0 Å². The predicted octanol–water partition coefficient (Wildman–Crippen LogP) is -2.89. The van der Waals surface area contributed by atoms with E-state index in [0.717, 1.165) is 25.2 Å². The molecule has 0 aromatic carbocycles. The molecule has 0 aliphatic carbocycles. The minimum absolute atomic E-state index is 0. The summed E-state index contributed by atoms with van der Waals surface area (Å²) >= 11 is 0. The summed E-state index contributed by atoms with van der Waals surface area (Å²) in [7, 11) is 0. The Hall–Kier alpha value is -0.563. The molecule has 60 valence electrons. The van der Waals surface area contributed by atoms with Crippen LogP contribution in [-0.2, 0) is 17.8 Å². The summed E-state index contributed by atoms with van der Waals surface area (Å²) in [5, 5.41) is 0. The molecule has 0 fully saturated rings. The van der Waals surface area contributed by atoms with Gasteiger partial charge in [-0.1, -0.05) is 0 Å². The third-order valence-corrected chi connectivity index (χ3v) is 1.76. The normalized spacial score (nSPS) is 12.7. The number of imidazole rings is 1. The number of hydrogen-bond acceptors (Lipinski definition) is 3. The van der Waals surface area contributed by atoms with Gasteiger partial charge < -0.3 is 14.8 Å². The number of fused-ring (bicyclic) bond motifs is 1. The van der Waals surface area contributed by atoms with Crippen molar-refractivity contribution in [1.82, 2.24) is 9.55 Å². The van der Waals surface area contributed by atoms with Crippen molar-refractivity contribution >= 4 is 6.29 Å². The van der Waals surface area contributed by atoms with Crippen LogP contribution in [0.1, 0.15) is 17.9 Å². The van der Waals surface area contributed by atoms with Crippen molar-refractivity contribution in [3.05, 3.63) is 17.7 Å². The van der Waals surface area contributed by atoms with Crippen molar-refractivity contribution in [3.63, 3.8) is 0 Å². The van der Waals surface area contributed by atoms with E-state index in [1.54, 1.807) is 12.5 Å². The van der Waals surface area contributed by atoms with Crippen LogP contribution in [0.5, 0.6) is 0 Å². The Bertz CT molecular complexity index is 251. The molecule has 0 radical (unpaired) electrons. The summed E-state index contributed by atoms with van der Waals surface area (Å²) in [5.41, 5.74) is 0.440. The third kappa shape index (κ3) is 1.78. The molecule has 0 unspecified atom stereocenters. The van der Waals surface area contributed by atoms with Crippen LogP contribution in [0, 0.1) is 0 Å². The van der Waals surface area contributed by atoms with Gasteiger partial charge in [-0.05, 0) is 12.1 Å². The number of carbonyl (C=O) groups excluding carboxylic acids is 1. The summed E-state index contributed by atoms with van der Waals surface area (Å²) in [5.74, 6) is 1.03. The van der Waals surface area contributed by atoms with Gasteiger partial charge in [-0.25, -0.2) is 0 Å². The van der Waals surface area contributed by atoms with Crippen LogP contribution >= 0.6 is 0 Å². The molecule has 1 aromatic heterocycles. The first-order chi connectivity index (χ1) is 4.90. The number of nitrogens with zero attached hydrogens (tertiary/aromatic N) is 2. The van der Waals surface area contributed by atoms with E-state index in [9.17, 15) is 4.79 Å². The second-order valence-corrected chi connectivity index (χ2v) is 2.44. The smallest absolute Gasteiger partial charge is 0.870 e. The number of rotatable bonds is 1. The standard InChI is InChI=1S/C7H7N2O.Li.H2O/c10-5-6-4-9-3-1-2-7(9)8-6;;/h4H,1-3H2;;1H2/q-1;+1;/p-1. The van der Waals surface area contributed by atoms with Crippen LogP contribution in [0.25, 0.3) is 0 Å². The van der Waals surface area contributed by atoms with E-state index in [1.807, 2.05) is 4.57 Å². The zero-order chi connectivity index (χ0) is 6.97. The van der Waals surface area contributed by atoms with E-state index in [1.165, 1.54) is 0 Å². The fourth-order valence-corrected chi connectivity index (χ4v) is 1.30. The van der Waals surface area contributed by atoms with Crippen molar-refractivity contribution in [2.75, 3.05) is 0 Å². The Kier molecular flexibility index (Phi) is 4.25. The predicted molar refractivity (Wildman–Crippen MR) is 37.3 cm³/mol. The molecule has 1 aromatic rings. The Balaban J connectivity index is 0.000000605. The van der Waals surface area contributed by atoms with Gasteiger partial charge in [0.2, 0.25) is 0 Å². The van der Waals surface area contributed by atoms with Crippen LogP contribution in [-0.4, -0.2) is 21.3 Å². The monoisotopic (exact) mass is 159 g/mol. The maximum Gasteiger partial charge on any atom is 1.00 e. The molecule has 1 aliphatic heterocycles. The summed E-state index contributed by atoms with van der Waals surface area (Å²) in [6.45, 7) is 1.00. The second kappa shape index (κ2) is 4.46. The molecule has 2 heterocycles. The first-order valence-corrected chi connectivity index (χ1v) is 3.34. The zero-order valence-corrected chi connectivity index (χ0v) is 6.95. The van der Waals surface area contributed by atoms with Gasteiger partial charge in [-0.3, -0.25) is 4.98 Å². The number of hydrogen-bond donors (Lipinski definition) is 0. The van der Waals surface area contributed by atoms with Gasteiger partial charge in [0.1, 0.15) is 0 Å². The van der Waals surface area contributed by atoms with Crippen molar-refractivity contribution in [2.45, 2.75) is 19.4 Å². The van der Waals surface area contributed by atoms with Gasteiger partial charge in [0.05, 0.1) is 5.82 Å². The largest absolute Gasteiger partial charge is 1.00 e. The first-order valence-electron chi connectivity index (χ1n) is 3.34. The van der Waals surface area contributed by atoms with Crippen LogP contribution in [0.15, 0.2) is 6.20 Å². The molecule has 0 saturated carbocycles. The summed E-state index contributed by atoms with van der Waals surface area (Å²) in [4.78, 5) is 14.2. The maximum atomic E-state index is 10.1. The average Bonchev–Trinajstić information content (AvgIpc) is 2.42. The topological polar surface area (TPSA) is 64.9 Å². The third-order valence-electron chi connectivity index (χ3n) is 1.76. The number of aryl methyl sites for hydroxylation is 2. The van der Waals surface area contributed by atoms with E-state index in [0.29, 0.717) is 5.69 Å². The van der Waals surface area contributed by atoms with Crippen LogP contribution in [0.3, 0.4) is 0 Å². The maximum absolute atomic E-state index is 10.1. The van der Waals surface area contributed by atoms with Crippen LogP contribution < -0.4 is 18.9 Å². The van der Waals surface area contributed by atoms with Gasteiger partial charge in [-0.15, -0.1) is 6.20 Å². The molecule has 2 rings (SSSR count). The summed E-state index contributed by atoms with van der Waals surface area (Å²) in [6, 6.07) is 0. The van der Waals surface area contributed by atoms with Gasteiger partial charge in [0, 0.05) is 19.3 Å².